The van der Waals surface area contributed by atoms with Crippen molar-refractivity contribution < 1.29 is 19.0 Å². The zero-order chi connectivity index (χ0) is 20.3. The quantitative estimate of drug-likeness (QED) is 0.805. The first-order chi connectivity index (χ1) is 13.3. The van der Waals surface area contributed by atoms with Crippen LogP contribution in [0, 0.1) is 6.92 Å². The Morgan fingerprint density at radius 2 is 1.89 bits per heavy atom. The molecule has 0 aromatic heterocycles. The van der Waals surface area contributed by atoms with Crippen LogP contribution in [-0.4, -0.2) is 25.7 Å². The van der Waals surface area contributed by atoms with Gasteiger partial charge in [-0.25, -0.2) is 0 Å². The molecule has 150 valence electrons. The Morgan fingerprint density at radius 3 is 2.61 bits per heavy atom. The van der Waals surface area contributed by atoms with Crippen molar-refractivity contribution in [2.75, 3.05) is 14.2 Å². The van der Waals surface area contributed by atoms with Crippen LogP contribution in [-0.2, 0) is 11.2 Å². The molecule has 1 aliphatic rings. The zero-order valence-corrected chi connectivity index (χ0v) is 17.3. The van der Waals surface area contributed by atoms with Gasteiger partial charge in [0.05, 0.1) is 20.3 Å². The number of fused-ring (bicyclic) bond motifs is 1. The highest BCUT2D eigenvalue weighted by molar-refractivity contribution is 5.77. The Balaban J connectivity index is 1.67. The Labute approximate surface area is 167 Å². The lowest BCUT2D eigenvalue weighted by atomic mass is 9.89. The topological polar surface area (TPSA) is 56.8 Å². The number of amides is 1. The van der Waals surface area contributed by atoms with Gasteiger partial charge in [0.1, 0.15) is 11.4 Å². The van der Waals surface area contributed by atoms with E-state index in [0.717, 1.165) is 28.9 Å². The molecule has 2 aromatic rings. The summed E-state index contributed by atoms with van der Waals surface area (Å²) < 4.78 is 16.7. The first kappa shape index (κ1) is 20.1. The van der Waals surface area contributed by atoms with Crippen LogP contribution >= 0.6 is 0 Å². The van der Waals surface area contributed by atoms with Gasteiger partial charge in [-0.1, -0.05) is 23.8 Å². The number of hydrogen-bond donors (Lipinski definition) is 1. The fraction of sp³-hybridized carbons (Fsp3) is 0.435. The van der Waals surface area contributed by atoms with Gasteiger partial charge in [-0.3, -0.25) is 4.79 Å². The lowest BCUT2D eigenvalue weighted by molar-refractivity contribution is -0.122. The standard InChI is InChI=1S/C23H29NO4/c1-15-6-9-19-17(12-15)18(14-23(2,3)28-19)24-22(25)11-8-16-7-10-20(26-4)21(13-16)27-5/h6-7,9-10,12-13,18H,8,11,14H2,1-5H3,(H,24,25). The summed E-state index contributed by atoms with van der Waals surface area (Å²) in [6.07, 6.45) is 1.79. The molecule has 1 atom stereocenters. The van der Waals surface area contributed by atoms with Gasteiger partial charge in [0.25, 0.3) is 0 Å². The second kappa shape index (κ2) is 8.13. The maximum absolute atomic E-state index is 12.7. The van der Waals surface area contributed by atoms with E-state index in [1.165, 1.54) is 0 Å². The average Bonchev–Trinajstić information content (AvgIpc) is 2.66. The van der Waals surface area contributed by atoms with Gasteiger partial charge in [-0.2, -0.15) is 0 Å². The second-order valence-corrected chi connectivity index (χ2v) is 7.92. The number of nitrogens with one attached hydrogen (secondary N) is 1. The fourth-order valence-electron chi connectivity index (χ4n) is 3.66. The maximum Gasteiger partial charge on any atom is 0.220 e. The number of carbonyl (C=O) groups excluding carboxylic acids is 1. The number of methoxy groups -OCH3 is 2. The molecule has 0 saturated heterocycles. The number of carbonyl (C=O) groups is 1. The molecule has 0 saturated carbocycles. The summed E-state index contributed by atoms with van der Waals surface area (Å²) in [5, 5.41) is 3.20. The molecule has 1 heterocycles. The first-order valence-corrected chi connectivity index (χ1v) is 9.61. The molecule has 1 N–H and O–H groups in total. The summed E-state index contributed by atoms with van der Waals surface area (Å²) in [4.78, 5) is 12.7. The number of rotatable bonds is 6. The minimum Gasteiger partial charge on any atom is -0.493 e. The van der Waals surface area contributed by atoms with Crippen molar-refractivity contribution in [3.63, 3.8) is 0 Å². The van der Waals surface area contributed by atoms with Gasteiger partial charge in [0.15, 0.2) is 11.5 Å². The van der Waals surface area contributed by atoms with Gasteiger partial charge >= 0.3 is 0 Å². The van der Waals surface area contributed by atoms with E-state index >= 15 is 0 Å². The van der Waals surface area contributed by atoms with Gasteiger partial charge in [-0.05, 0) is 51.0 Å². The van der Waals surface area contributed by atoms with Crippen molar-refractivity contribution in [1.29, 1.82) is 0 Å². The lowest BCUT2D eigenvalue weighted by Crippen LogP contribution is -2.41. The Hall–Kier alpha value is -2.69. The SMILES string of the molecule is COc1ccc(CCC(=O)NC2CC(C)(C)Oc3ccc(C)cc32)cc1OC. The maximum atomic E-state index is 12.7. The van der Waals surface area contributed by atoms with Crippen LogP contribution in [0.4, 0.5) is 0 Å². The van der Waals surface area contributed by atoms with E-state index in [4.69, 9.17) is 14.2 Å². The molecule has 0 spiro atoms. The molecule has 1 aliphatic heterocycles. The molecular weight excluding hydrogens is 354 g/mol. The highest BCUT2D eigenvalue weighted by Crippen LogP contribution is 2.40. The average molecular weight is 383 g/mol. The normalized spacial score (nSPS) is 17.2. The van der Waals surface area contributed by atoms with Crippen LogP contribution in [0.25, 0.3) is 0 Å². The van der Waals surface area contributed by atoms with Crippen molar-refractivity contribution in [2.24, 2.45) is 0 Å². The molecule has 28 heavy (non-hydrogen) atoms. The molecule has 1 unspecified atom stereocenters. The summed E-state index contributed by atoms with van der Waals surface area (Å²) in [6, 6.07) is 11.8. The highest BCUT2D eigenvalue weighted by Gasteiger charge is 2.34. The van der Waals surface area contributed by atoms with Crippen LogP contribution in [0.5, 0.6) is 17.2 Å². The third-order valence-corrected chi connectivity index (χ3v) is 5.05. The van der Waals surface area contributed by atoms with Crippen molar-refractivity contribution in [1.82, 2.24) is 5.32 Å². The molecule has 5 heteroatoms. The van der Waals surface area contributed by atoms with Gasteiger partial charge < -0.3 is 19.5 Å². The monoisotopic (exact) mass is 383 g/mol. The van der Waals surface area contributed by atoms with Gasteiger partial charge in [0.2, 0.25) is 5.91 Å². The van der Waals surface area contributed by atoms with E-state index in [1.54, 1.807) is 14.2 Å². The number of ether oxygens (including phenoxy) is 3. The zero-order valence-electron chi connectivity index (χ0n) is 17.3. The smallest absolute Gasteiger partial charge is 0.220 e. The Kier molecular flexibility index (Phi) is 5.82. The third-order valence-electron chi connectivity index (χ3n) is 5.05. The summed E-state index contributed by atoms with van der Waals surface area (Å²) in [6.45, 7) is 6.16. The molecule has 0 radical (unpaired) electrons. The van der Waals surface area contributed by atoms with E-state index in [2.05, 4.69) is 32.2 Å². The molecule has 1 amide bonds. The van der Waals surface area contributed by atoms with Crippen LogP contribution in [0.15, 0.2) is 36.4 Å². The Bertz CT molecular complexity index is 860. The third kappa shape index (κ3) is 4.58. The molecule has 0 fully saturated rings. The minimum absolute atomic E-state index is 0.0324. The second-order valence-electron chi connectivity index (χ2n) is 7.92. The van der Waals surface area contributed by atoms with Crippen molar-refractivity contribution in [3.05, 3.63) is 53.1 Å². The number of aryl methyl sites for hydroxylation is 2. The fourth-order valence-corrected chi connectivity index (χ4v) is 3.66. The Morgan fingerprint density at radius 1 is 1.14 bits per heavy atom. The van der Waals surface area contributed by atoms with Gasteiger partial charge in [-0.15, -0.1) is 0 Å². The van der Waals surface area contributed by atoms with Crippen LogP contribution in [0.1, 0.15) is 49.4 Å². The number of benzene rings is 2. The predicted molar refractivity (Wildman–Crippen MR) is 109 cm³/mol. The summed E-state index contributed by atoms with van der Waals surface area (Å²) in [5.74, 6) is 2.25. The van der Waals surface area contributed by atoms with Crippen LogP contribution < -0.4 is 19.5 Å². The van der Waals surface area contributed by atoms with Crippen LogP contribution in [0.2, 0.25) is 0 Å². The van der Waals surface area contributed by atoms with E-state index in [-0.39, 0.29) is 17.6 Å². The molecule has 3 rings (SSSR count). The van der Waals surface area contributed by atoms with Crippen LogP contribution in [0.3, 0.4) is 0 Å². The first-order valence-electron chi connectivity index (χ1n) is 9.61. The van der Waals surface area contributed by atoms with Crippen molar-refractivity contribution in [3.8, 4) is 17.2 Å². The minimum atomic E-state index is -0.316. The summed E-state index contributed by atoms with van der Waals surface area (Å²) in [5.41, 5.74) is 2.94. The molecule has 0 aliphatic carbocycles. The highest BCUT2D eigenvalue weighted by atomic mass is 16.5. The largest absolute Gasteiger partial charge is 0.493 e. The lowest BCUT2D eigenvalue weighted by Gasteiger charge is -2.38. The predicted octanol–water partition coefficient (Wildman–Crippen LogP) is 4.36. The number of hydrogen-bond acceptors (Lipinski definition) is 4. The molecule has 2 aromatic carbocycles. The van der Waals surface area contributed by atoms with E-state index in [0.29, 0.717) is 24.3 Å². The summed E-state index contributed by atoms with van der Waals surface area (Å²) >= 11 is 0. The van der Waals surface area contributed by atoms with Crippen molar-refractivity contribution in [2.45, 2.75) is 51.7 Å². The van der Waals surface area contributed by atoms with Gasteiger partial charge in [0, 0.05) is 18.4 Å². The van der Waals surface area contributed by atoms with E-state index in [9.17, 15) is 4.79 Å². The van der Waals surface area contributed by atoms with E-state index in [1.807, 2.05) is 30.3 Å². The van der Waals surface area contributed by atoms with E-state index < -0.39 is 0 Å². The molecular formula is C23H29NO4. The molecule has 5 nitrogen and oxygen atoms in total. The molecule has 0 bridgehead atoms. The van der Waals surface area contributed by atoms with Crippen molar-refractivity contribution >= 4 is 5.91 Å². The summed E-state index contributed by atoms with van der Waals surface area (Å²) in [7, 11) is 3.22.